The van der Waals surface area contributed by atoms with E-state index >= 15 is 0 Å². The molecule has 3 amide bonds. The third-order valence-corrected chi connectivity index (χ3v) is 5.18. The van der Waals surface area contributed by atoms with Crippen molar-refractivity contribution < 1.29 is 19.1 Å². The largest absolute Gasteiger partial charge is 0.483 e. The second-order valence-electron chi connectivity index (χ2n) is 7.24. The zero-order valence-corrected chi connectivity index (χ0v) is 21.0. The maximum Gasteiger partial charge on any atom is 0.329 e. The maximum absolute atomic E-state index is 12.4. The number of halogens is 2. The number of carbonyl (C=O) groups excluding carboxylic acids is 3. The van der Waals surface area contributed by atoms with Crippen molar-refractivity contribution in [3.63, 3.8) is 0 Å². The molecule has 0 aliphatic rings. The molecule has 0 aliphatic carbocycles. The molecular weight excluding hydrogens is 512 g/mol. The Morgan fingerprint density at radius 1 is 1.12 bits per heavy atom. The first-order valence-corrected chi connectivity index (χ1v) is 11.5. The molecule has 3 N–H and O–H groups in total. The second-order valence-corrected chi connectivity index (χ2v) is 8.59. The molecule has 0 aliphatic heterocycles. The van der Waals surface area contributed by atoms with Gasteiger partial charge in [0.05, 0.1) is 6.21 Å². The number of hydrogen-bond acceptors (Lipinski definition) is 5. The van der Waals surface area contributed by atoms with E-state index in [9.17, 15) is 14.4 Å². The molecule has 0 spiro atoms. The Kier molecular flexibility index (Phi) is 10.3. The van der Waals surface area contributed by atoms with E-state index in [1.165, 1.54) is 6.21 Å². The van der Waals surface area contributed by atoms with Crippen molar-refractivity contribution in [1.29, 1.82) is 0 Å². The van der Waals surface area contributed by atoms with Crippen molar-refractivity contribution in [3.8, 4) is 5.75 Å². The molecule has 0 bridgehead atoms. The molecule has 0 atom stereocenters. The molecule has 176 valence electrons. The lowest BCUT2D eigenvalue weighted by Gasteiger charge is -2.13. The number of amides is 3. The Morgan fingerprint density at radius 2 is 1.82 bits per heavy atom. The van der Waals surface area contributed by atoms with Crippen LogP contribution in [0.5, 0.6) is 5.75 Å². The summed E-state index contributed by atoms with van der Waals surface area (Å²) in [7, 11) is 0. The molecule has 0 heterocycles. The first-order valence-electron chi connectivity index (χ1n) is 10.3. The highest BCUT2D eigenvalue weighted by Crippen LogP contribution is 2.25. The minimum Gasteiger partial charge on any atom is -0.483 e. The smallest absolute Gasteiger partial charge is 0.329 e. The lowest BCUT2D eigenvalue weighted by molar-refractivity contribution is -0.139. The lowest BCUT2D eigenvalue weighted by atomic mass is 10.1. The van der Waals surface area contributed by atoms with Gasteiger partial charge in [0.1, 0.15) is 5.75 Å². The summed E-state index contributed by atoms with van der Waals surface area (Å²) >= 11 is 9.48. The quantitative estimate of drug-likeness (QED) is 0.194. The number of rotatable bonds is 9. The monoisotopic (exact) mass is 536 g/mol. The number of aryl methyl sites for hydroxylation is 2. The van der Waals surface area contributed by atoms with Gasteiger partial charge in [-0.3, -0.25) is 14.4 Å². The van der Waals surface area contributed by atoms with Crippen LogP contribution in [0, 0.1) is 13.8 Å². The first-order chi connectivity index (χ1) is 15.7. The van der Waals surface area contributed by atoms with E-state index in [-0.39, 0.29) is 12.5 Å². The van der Waals surface area contributed by atoms with Crippen LogP contribution < -0.4 is 20.8 Å². The van der Waals surface area contributed by atoms with Gasteiger partial charge >= 0.3 is 11.8 Å². The van der Waals surface area contributed by atoms with E-state index in [2.05, 4.69) is 37.1 Å². The Bertz CT molecular complexity index is 1040. The SMILES string of the molecule is CCCCNC(=O)C(=O)N/N=C\c1cc(Cl)ccc1OCC(=O)Nc1c(C)cc(Br)cc1C. The first kappa shape index (κ1) is 26.3. The number of carbonyl (C=O) groups is 3. The molecule has 0 saturated carbocycles. The number of nitrogens with zero attached hydrogens (tertiary/aromatic N) is 1. The summed E-state index contributed by atoms with van der Waals surface area (Å²) < 4.78 is 6.57. The van der Waals surface area contributed by atoms with Crippen LogP contribution in [-0.4, -0.2) is 37.1 Å². The average Bonchev–Trinajstić information content (AvgIpc) is 2.75. The minimum absolute atomic E-state index is 0.246. The van der Waals surface area contributed by atoms with Crippen LogP contribution in [0.4, 0.5) is 5.69 Å². The fourth-order valence-electron chi connectivity index (χ4n) is 2.85. The topological polar surface area (TPSA) is 109 Å². The number of ether oxygens (including phenoxy) is 1. The van der Waals surface area contributed by atoms with Crippen LogP contribution in [0.2, 0.25) is 5.02 Å². The maximum atomic E-state index is 12.4. The van der Waals surface area contributed by atoms with Gasteiger partial charge in [-0.15, -0.1) is 0 Å². The van der Waals surface area contributed by atoms with Crippen molar-refractivity contribution in [2.24, 2.45) is 5.10 Å². The van der Waals surface area contributed by atoms with Gasteiger partial charge in [-0.05, 0) is 61.7 Å². The van der Waals surface area contributed by atoms with Crippen LogP contribution in [0.1, 0.15) is 36.5 Å². The number of nitrogens with one attached hydrogen (secondary N) is 3. The summed E-state index contributed by atoms with van der Waals surface area (Å²) in [4.78, 5) is 35.9. The Morgan fingerprint density at radius 3 is 2.48 bits per heavy atom. The van der Waals surface area contributed by atoms with Gasteiger partial charge in [-0.25, -0.2) is 5.43 Å². The highest BCUT2D eigenvalue weighted by atomic mass is 79.9. The van der Waals surface area contributed by atoms with Gasteiger partial charge in [-0.2, -0.15) is 5.10 Å². The standard InChI is InChI=1S/C23H26BrClN4O4/c1-4-5-8-26-22(31)23(32)29-27-12-16-11-18(25)6-7-19(16)33-13-20(30)28-21-14(2)9-17(24)10-15(21)3/h6-7,9-12H,4-5,8,13H2,1-3H3,(H,26,31)(H,28,30)(H,29,32)/b27-12-. The van der Waals surface area contributed by atoms with E-state index in [0.717, 1.165) is 34.1 Å². The van der Waals surface area contributed by atoms with E-state index in [1.54, 1.807) is 18.2 Å². The molecule has 2 aromatic carbocycles. The van der Waals surface area contributed by atoms with Crippen molar-refractivity contribution in [2.45, 2.75) is 33.6 Å². The van der Waals surface area contributed by atoms with Crippen LogP contribution in [0.15, 0.2) is 39.9 Å². The van der Waals surface area contributed by atoms with Gasteiger partial charge in [-0.1, -0.05) is 40.9 Å². The second kappa shape index (κ2) is 13.0. The number of unbranched alkanes of at least 4 members (excludes halogenated alkanes) is 1. The molecule has 10 heteroatoms. The summed E-state index contributed by atoms with van der Waals surface area (Å²) in [5.74, 6) is -1.65. The van der Waals surface area contributed by atoms with Crippen molar-refractivity contribution in [2.75, 3.05) is 18.5 Å². The molecule has 33 heavy (non-hydrogen) atoms. The summed E-state index contributed by atoms with van der Waals surface area (Å²) in [6.07, 6.45) is 2.97. The van der Waals surface area contributed by atoms with Gasteiger partial charge in [0.25, 0.3) is 5.91 Å². The molecule has 8 nitrogen and oxygen atoms in total. The molecule has 0 aromatic heterocycles. The van der Waals surface area contributed by atoms with E-state index < -0.39 is 11.8 Å². The highest BCUT2D eigenvalue weighted by Gasteiger charge is 2.13. The molecule has 0 unspecified atom stereocenters. The van der Waals surface area contributed by atoms with E-state index in [1.807, 2.05) is 32.9 Å². The zero-order valence-electron chi connectivity index (χ0n) is 18.6. The molecule has 2 rings (SSSR count). The summed E-state index contributed by atoms with van der Waals surface area (Å²) in [5.41, 5.74) is 5.15. The van der Waals surface area contributed by atoms with Crippen molar-refractivity contribution in [1.82, 2.24) is 10.7 Å². The molecule has 0 radical (unpaired) electrons. The van der Waals surface area contributed by atoms with Gasteiger partial charge in [0.15, 0.2) is 6.61 Å². The number of hydrogen-bond donors (Lipinski definition) is 3. The highest BCUT2D eigenvalue weighted by molar-refractivity contribution is 9.10. The predicted molar refractivity (Wildman–Crippen MR) is 133 cm³/mol. The molecular formula is C23H26BrClN4O4. The van der Waals surface area contributed by atoms with Crippen molar-refractivity contribution >= 4 is 57.2 Å². The third-order valence-electron chi connectivity index (χ3n) is 4.48. The van der Waals surface area contributed by atoms with Crippen LogP contribution in [-0.2, 0) is 14.4 Å². The number of benzene rings is 2. The molecule has 0 saturated heterocycles. The zero-order chi connectivity index (χ0) is 24.4. The average molecular weight is 538 g/mol. The fraction of sp³-hybridized carbons (Fsp3) is 0.304. The van der Waals surface area contributed by atoms with Gasteiger partial charge in [0, 0.05) is 27.3 Å². The fourth-order valence-corrected chi connectivity index (χ4v) is 3.72. The normalized spacial score (nSPS) is 10.7. The number of hydrazone groups is 1. The molecule has 0 fully saturated rings. The third kappa shape index (κ3) is 8.51. The van der Waals surface area contributed by atoms with Gasteiger partial charge in [0.2, 0.25) is 0 Å². The summed E-state index contributed by atoms with van der Waals surface area (Å²) in [5, 5.41) is 9.56. The minimum atomic E-state index is -0.883. The van der Waals surface area contributed by atoms with Gasteiger partial charge < -0.3 is 15.4 Å². The summed E-state index contributed by atoms with van der Waals surface area (Å²) in [6, 6.07) is 8.58. The molecule has 2 aromatic rings. The van der Waals surface area contributed by atoms with Crippen LogP contribution in [0.3, 0.4) is 0 Å². The van der Waals surface area contributed by atoms with Crippen molar-refractivity contribution in [3.05, 3.63) is 56.5 Å². The summed E-state index contributed by atoms with van der Waals surface area (Å²) in [6.45, 7) is 5.96. The van der Waals surface area contributed by atoms with E-state index in [0.29, 0.717) is 22.9 Å². The number of anilines is 1. The van der Waals surface area contributed by atoms with E-state index in [4.69, 9.17) is 16.3 Å². The van der Waals surface area contributed by atoms with Crippen LogP contribution in [0.25, 0.3) is 0 Å². The Labute approximate surface area is 206 Å². The Hall–Kier alpha value is -2.91. The lowest BCUT2D eigenvalue weighted by Crippen LogP contribution is -2.38. The predicted octanol–water partition coefficient (Wildman–Crippen LogP) is 4.10. The van der Waals surface area contributed by atoms with Crippen LogP contribution >= 0.6 is 27.5 Å². The Balaban J connectivity index is 1.99.